The van der Waals surface area contributed by atoms with Crippen LogP contribution in [0.5, 0.6) is 11.5 Å². The second-order valence-electron chi connectivity index (χ2n) is 11.7. The SMILES string of the molecule is COc1cc2sc(C(=O)C[C@H](C(=O)ONC(=O)OC(C)(C)C)C(C)C)cc2c(F)c1OCOCC[Si](C)(C)C. The van der Waals surface area contributed by atoms with Crippen molar-refractivity contribution in [3.05, 3.63) is 22.8 Å². The highest BCUT2D eigenvalue weighted by Gasteiger charge is 2.30. The van der Waals surface area contributed by atoms with Crippen LogP contribution in [-0.4, -0.2) is 52.0 Å². The molecule has 2 aromatic rings. The Hall–Kier alpha value is -2.70. The van der Waals surface area contributed by atoms with E-state index in [-0.39, 0.29) is 46.7 Å². The third-order valence-electron chi connectivity index (χ3n) is 5.61. The molecule has 1 heterocycles. The van der Waals surface area contributed by atoms with Gasteiger partial charge in [-0.05, 0) is 38.8 Å². The smallest absolute Gasteiger partial charge is 0.441 e. The molecule has 0 fully saturated rings. The van der Waals surface area contributed by atoms with Gasteiger partial charge in [-0.2, -0.15) is 0 Å². The maximum Gasteiger partial charge on any atom is 0.441 e. The van der Waals surface area contributed by atoms with E-state index in [4.69, 9.17) is 23.8 Å². The number of hydrogen-bond acceptors (Lipinski definition) is 9. The van der Waals surface area contributed by atoms with Gasteiger partial charge in [0.2, 0.25) is 5.75 Å². The molecule has 1 aromatic heterocycles. The average molecular weight is 586 g/mol. The number of ketones is 1. The van der Waals surface area contributed by atoms with Gasteiger partial charge in [0, 0.05) is 37.3 Å². The van der Waals surface area contributed by atoms with Crippen LogP contribution < -0.4 is 15.0 Å². The number of Topliss-reactive ketones (excluding diaryl/α,β-unsaturated/α-hetero) is 1. The number of carbonyl (C=O) groups is 3. The number of fused-ring (bicyclic) bond motifs is 1. The lowest BCUT2D eigenvalue weighted by atomic mass is 9.90. The minimum atomic E-state index is -1.27. The van der Waals surface area contributed by atoms with Crippen LogP contribution in [0.15, 0.2) is 12.1 Å². The lowest BCUT2D eigenvalue weighted by Gasteiger charge is -2.21. The highest BCUT2D eigenvalue weighted by Crippen LogP contribution is 2.40. The lowest BCUT2D eigenvalue weighted by molar-refractivity contribution is -0.157. The van der Waals surface area contributed by atoms with Gasteiger partial charge in [-0.15, -0.1) is 16.8 Å². The number of hydrogen-bond donors (Lipinski definition) is 1. The molecule has 1 aromatic carbocycles. The summed E-state index contributed by atoms with van der Waals surface area (Å²) in [6, 6.07) is 4.00. The summed E-state index contributed by atoms with van der Waals surface area (Å²) >= 11 is 1.09. The van der Waals surface area contributed by atoms with Crippen LogP contribution in [0.3, 0.4) is 0 Å². The Morgan fingerprint density at radius 2 is 1.79 bits per heavy atom. The van der Waals surface area contributed by atoms with Gasteiger partial charge in [0.05, 0.1) is 17.9 Å². The molecule has 9 nitrogen and oxygen atoms in total. The van der Waals surface area contributed by atoms with Crippen LogP contribution in [-0.2, 0) is 19.1 Å². The van der Waals surface area contributed by atoms with E-state index in [0.29, 0.717) is 11.3 Å². The van der Waals surface area contributed by atoms with Crippen LogP contribution in [0.4, 0.5) is 9.18 Å². The number of rotatable bonds is 12. The third-order valence-corrected chi connectivity index (χ3v) is 8.43. The van der Waals surface area contributed by atoms with Gasteiger partial charge in [0.15, 0.2) is 24.1 Å². The molecular formula is C27H40FNO8SSi. The van der Waals surface area contributed by atoms with E-state index in [0.717, 1.165) is 17.4 Å². The molecule has 218 valence electrons. The number of ether oxygens (including phenoxy) is 4. The molecule has 0 saturated heterocycles. The summed E-state index contributed by atoms with van der Waals surface area (Å²) in [7, 11) is 0.139. The summed E-state index contributed by atoms with van der Waals surface area (Å²) in [4.78, 5) is 42.7. The van der Waals surface area contributed by atoms with E-state index < -0.39 is 37.5 Å². The van der Waals surface area contributed by atoms with Crippen molar-refractivity contribution in [2.45, 2.75) is 72.3 Å². The topological polar surface area (TPSA) is 109 Å². The van der Waals surface area contributed by atoms with Crippen LogP contribution in [0.25, 0.3) is 10.1 Å². The average Bonchev–Trinajstić information content (AvgIpc) is 3.24. The number of hydroxylamine groups is 1. The molecular weight excluding hydrogens is 545 g/mol. The second-order valence-corrected chi connectivity index (χ2v) is 18.4. The summed E-state index contributed by atoms with van der Waals surface area (Å²) in [5, 5.41) is 0.205. The molecule has 0 saturated carbocycles. The van der Waals surface area contributed by atoms with Gasteiger partial charge in [-0.25, -0.2) is 14.0 Å². The normalized spacial score (nSPS) is 12.8. The highest BCUT2D eigenvalue weighted by atomic mass is 32.1. The van der Waals surface area contributed by atoms with Gasteiger partial charge in [0.1, 0.15) is 5.60 Å². The van der Waals surface area contributed by atoms with Crippen molar-refractivity contribution >= 4 is 47.3 Å². The highest BCUT2D eigenvalue weighted by molar-refractivity contribution is 7.20. The molecule has 2 rings (SSSR count). The van der Waals surface area contributed by atoms with E-state index >= 15 is 4.39 Å². The molecule has 1 atom stereocenters. The molecule has 0 aliphatic heterocycles. The first-order valence-electron chi connectivity index (χ1n) is 12.8. The van der Waals surface area contributed by atoms with Gasteiger partial charge < -0.3 is 23.8 Å². The maximum absolute atomic E-state index is 15.4. The van der Waals surface area contributed by atoms with Gasteiger partial charge >= 0.3 is 12.1 Å². The number of methoxy groups -OCH3 is 1. The Kier molecular flexibility index (Phi) is 11.3. The Bertz CT molecular complexity index is 1170. The molecule has 0 radical (unpaired) electrons. The largest absolute Gasteiger partial charge is 0.493 e. The first-order valence-corrected chi connectivity index (χ1v) is 17.3. The standard InChI is InChI=1S/C27H40FNO8SSi/c1-16(2)17(25(31)37-29-26(32)36-27(3,4)5)12-19(30)22-13-18-21(38-22)14-20(33-6)24(23(18)28)35-15-34-10-11-39(7,8)9/h13-14,16-17H,10-12,15H2,1-9H3,(H,29,32)/t17-/m0/s1. The first-order chi connectivity index (χ1) is 18.0. The Labute approximate surface area is 234 Å². The lowest BCUT2D eigenvalue weighted by Crippen LogP contribution is -2.37. The van der Waals surface area contributed by atoms with Crippen molar-refractivity contribution in [1.29, 1.82) is 0 Å². The number of thiophene rings is 1. The van der Waals surface area contributed by atoms with E-state index in [9.17, 15) is 14.4 Å². The van der Waals surface area contributed by atoms with Crippen molar-refractivity contribution in [2.75, 3.05) is 20.5 Å². The number of halogens is 1. The van der Waals surface area contributed by atoms with Crippen molar-refractivity contribution in [2.24, 2.45) is 11.8 Å². The first kappa shape index (κ1) is 32.5. The Morgan fingerprint density at radius 1 is 1.13 bits per heavy atom. The maximum atomic E-state index is 15.4. The molecule has 0 spiro atoms. The molecule has 1 amide bonds. The molecule has 0 aliphatic rings. The molecule has 0 aliphatic carbocycles. The van der Waals surface area contributed by atoms with Crippen molar-refractivity contribution < 1.29 is 42.6 Å². The quantitative estimate of drug-likeness (QED) is 0.0980. The predicted octanol–water partition coefficient (Wildman–Crippen LogP) is 6.57. The summed E-state index contributed by atoms with van der Waals surface area (Å²) in [5.74, 6) is -2.81. The van der Waals surface area contributed by atoms with Crippen molar-refractivity contribution in [3.8, 4) is 11.5 Å². The van der Waals surface area contributed by atoms with Crippen LogP contribution in [0, 0.1) is 17.7 Å². The monoisotopic (exact) mass is 585 g/mol. The van der Waals surface area contributed by atoms with E-state index in [1.54, 1.807) is 40.7 Å². The minimum absolute atomic E-state index is 0.0911. The number of amides is 1. The van der Waals surface area contributed by atoms with E-state index in [2.05, 4.69) is 19.6 Å². The Balaban J connectivity index is 2.14. The third kappa shape index (κ3) is 10.1. The zero-order valence-electron chi connectivity index (χ0n) is 24.2. The van der Waals surface area contributed by atoms with Gasteiger partial charge in [-0.1, -0.05) is 33.5 Å². The second kappa shape index (κ2) is 13.6. The van der Waals surface area contributed by atoms with Crippen LogP contribution in [0.1, 0.15) is 50.7 Å². The summed E-state index contributed by atoms with van der Waals surface area (Å²) < 4.78 is 37.4. The summed E-state index contributed by atoms with van der Waals surface area (Å²) in [5.41, 5.74) is 1.19. The van der Waals surface area contributed by atoms with Gasteiger partial charge in [0.25, 0.3) is 0 Å². The number of carbonyl (C=O) groups excluding carboxylic acids is 3. The minimum Gasteiger partial charge on any atom is -0.493 e. The molecule has 39 heavy (non-hydrogen) atoms. The molecule has 1 N–H and O–H groups in total. The van der Waals surface area contributed by atoms with Gasteiger partial charge in [-0.3, -0.25) is 4.79 Å². The molecule has 0 bridgehead atoms. The number of benzene rings is 1. The van der Waals surface area contributed by atoms with Crippen molar-refractivity contribution in [1.82, 2.24) is 5.48 Å². The van der Waals surface area contributed by atoms with E-state index in [1.165, 1.54) is 13.2 Å². The zero-order valence-corrected chi connectivity index (χ0v) is 26.0. The fraction of sp³-hybridized carbons (Fsp3) is 0.593. The van der Waals surface area contributed by atoms with Crippen LogP contribution in [0.2, 0.25) is 25.7 Å². The van der Waals surface area contributed by atoms with Crippen molar-refractivity contribution in [3.63, 3.8) is 0 Å². The fourth-order valence-corrected chi connectivity index (χ4v) is 5.21. The van der Waals surface area contributed by atoms with E-state index in [1.807, 2.05) is 5.48 Å². The predicted molar refractivity (Wildman–Crippen MR) is 151 cm³/mol. The zero-order chi connectivity index (χ0) is 29.5. The fourth-order valence-electron chi connectivity index (χ4n) is 3.42. The summed E-state index contributed by atoms with van der Waals surface area (Å²) in [6.07, 6.45) is -1.11. The summed E-state index contributed by atoms with van der Waals surface area (Å²) in [6.45, 7) is 15.6. The van der Waals surface area contributed by atoms with Crippen LogP contribution >= 0.6 is 11.3 Å². The molecule has 12 heteroatoms. The molecule has 0 unspecified atom stereocenters. The Morgan fingerprint density at radius 3 is 2.36 bits per heavy atom. The number of nitrogens with one attached hydrogen (secondary N) is 1.